The van der Waals surface area contributed by atoms with Gasteiger partial charge in [-0.05, 0) is 6.92 Å². The number of aryl methyl sites for hydroxylation is 1. The number of hydrogen-bond donors (Lipinski definition) is 1. The molecule has 13 heavy (non-hydrogen) atoms. The van der Waals surface area contributed by atoms with Gasteiger partial charge in [-0.25, -0.2) is 4.98 Å². The third-order valence-corrected chi connectivity index (χ3v) is 1.60. The molecule has 5 heteroatoms. The number of amides is 1. The van der Waals surface area contributed by atoms with Gasteiger partial charge in [0.15, 0.2) is 0 Å². The molecule has 0 aliphatic rings. The van der Waals surface area contributed by atoms with E-state index in [9.17, 15) is 4.79 Å². The van der Waals surface area contributed by atoms with E-state index in [1.165, 1.54) is 0 Å². The zero-order valence-electron chi connectivity index (χ0n) is 7.32. The van der Waals surface area contributed by atoms with Gasteiger partial charge in [0.1, 0.15) is 18.9 Å². The van der Waals surface area contributed by atoms with Crippen molar-refractivity contribution in [2.45, 2.75) is 13.5 Å². The van der Waals surface area contributed by atoms with E-state index in [0.717, 1.165) is 5.82 Å². The lowest BCUT2D eigenvalue weighted by molar-refractivity contribution is -0.121. The van der Waals surface area contributed by atoms with Crippen molar-refractivity contribution < 1.29 is 4.79 Å². The first kappa shape index (κ1) is 9.26. The number of hydrogen-bond acceptors (Lipinski definition) is 3. The second-order valence-electron chi connectivity index (χ2n) is 2.54. The highest BCUT2D eigenvalue weighted by atomic mass is 16.1. The summed E-state index contributed by atoms with van der Waals surface area (Å²) < 4.78 is 1.71. The van der Waals surface area contributed by atoms with E-state index in [0.29, 0.717) is 0 Å². The molecule has 0 bridgehead atoms. The van der Waals surface area contributed by atoms with Crippen molar-refractivity contribution in [1.29, 1.82) is 5.26 Å². The molecular weight excluding hydrogens is 168 g/mol. The number of nitrogens with one attached hydrogen (secondary N) is 1. The molecule has 0 unspecified atom stereocenters. The van der Waals surface area contributed by atoms with Crippen LogP contribution in [0, 0.1) is 18.3 Å². The van der Waals surface area contributed by atoms with E-state index in [-0.39, 0.29) is 19.0 Å². The van der Waals surface area contributed by atoms with Crippen LogP contribution in [0.4, 0.5) is 0 Å². The van der Waals surface area contributed by atoms with E-state index in [4.69, 9.17) is 5.26 Å². The SMILES string of the molecule is Cc1nccn1CC(=O)NCC#N. The highest BCUT2D eigenvalue weighted by molar-refractivity contribution is 5.75. The first-order valence-corrected chi connectivity index (χ1v) is 3.85. The third kappa shape index (κ3) is 2.60. The van der Waals surface area contributed by atoms with Gasteiger partial charge >= 0.3 is 0 Å². The monoisotopic (exact) mass is 178 g/mol. The number of nitriles is 1. The van der Waals surface area contributed by atoms with E-state index >= 15 is 0 Å². The average molecular weight is 178 g/mol. The molecule has 68 valence electrons. The summed E-state index contributed by atoms with van der Waals surface area (Å²) in [5.74, 6) is 0.606. The van der Waals surface area contributed by atoms with Crippen molar-refractivity contribution in [3.8, 4) is 6.07 Å². The Morgan fingerprint density at radius 2 is 2.62 bits per heavy atom. The molecule has 0 radical (unpaired) electrons. The second-order valence-corrected chi connectivity index (χ2v) is 2.54. The summed E-state index contributed by atoms with van der Waals surface area (Å²) in [5, 5.41) is 10.7. The molecular formula is C8H10N4O. The van der Waals surface area contributed by atoms with Crippen LogP contribution in [-0.2, 0) is 11.3 Å². The van der Waals surface area contributed by atoms with Gasteiger partial charge in [-0.3, -0.25) is 4.79 Å². The highest BCUT2D eigenvalue weighted by Crippen LogP contribution is 1.93. The predicted octanol–water partition coefficient (Wildman–Crippen LogP) is -0.169. The Hall–Kier alpha value is -1.83. The zero-order valence-corrected chi connectivity index (χ0v) is 7.32. The second kappa shape index (κ2) is 4.26. The summed E-state index contributed by atoms with van der Waals surface area (Å²) in [5.41, 5.74) is 0. The van der Waals surface area contributed by atoms with Crippen LogP contribution >= 0.6 is 0 Å². The van der Waals surface area contributed by atoms with Crippen LogP contribution in [-0.4, -0.2) is 22.0 Å². The van der Waals surface area contributed by atoms with E-state index in [1.54, 1.807) is 17.0 Å². The van der Waals surface area contributed by atoms with Gasteiger partial charge < -0.3 is 9.88 Å². The molecule has 5 nitrogen and oxygen atoms in total. The van der Waals surface area contributed by atoms with Gasteiger partial charge in [0.05, 0.1) is 6.07 Å². The molecule has 0 saturated heterocycles. The van der Waals surface area contributed by atoms with Gasteiger partial charge in [-0.15, -0.1) is 0 Å². The molecule has 0 fully saturated rings. The first-order valence-electron chi connectivity index (χ1n) is 3.85. The Morgan fingerprint density at radius 1 is 1.85 bits per heavy atom. The Morgan fingerprint density at radius 3 is 3.15 bits per heavy atom. The van der Waals surface area contributed by atoms with Crippen molar-refractivity contribution in [3.63, 3.8) is 0 Å². The van der Waals surface area contributed by atoms with Gasteiger partial charge in [0, 0.05) is 12.4 Å². The lowest BCUT2D eigenvalue weighted by atomic mass is 10.5. The highest BCUT2D eigenvalue weighted by Gasteiger charge is 2.02. The maximum Gasteiger partial charge on any atom is 0.240 e. The fourth-order valence-corrected chi connectivity index (χ4v) is 0.920. The average Bonchev–Trinajstić information content (AvgIpc) is 2.48. The molecule has 1 heterocycles. The van der Waals surface area contributed by atoms with Crippen molar-refractivity contribution in [1.82, 2.24) is 14.9 Å². The van der Waals surface area contributed by atoms with Gasteiger partial charge in [-0.1, -0.05) is 0 Å². The number of carbonyl (C=O) groups excluding carboxylic acids is 1. The van der Waals surface area contributed by atoms with E-state index < -0.39 is 0 Å². The largest absolute Gasteiger partial charge is 0.341 e. The number of aromatic nitrogens is 2. The summed E-state index contributed by atoms with van der Waals surface area (Å²) >= 11 is 0. The maximum absolute atomic E-state index is 11.1. The predicted molar refractivity (Wildman–Crippen MR) is 45.6 cm³/mol. The Kier molecular flexibility index (Phi) is 3.03. The summed E-state index contributed by atoms with van der Waals surface area (Å²) in [4.78, 5) is 15.1. The lowest BCUT2D eigenvalue weighted by Gasteiger charge is -2.03. The number of carbonyl (C=O) groups is 1. The van der Waals surface area contributed by atoms with Gasteiger partial charge in [0.2, 0.25) is 5.91 Å². The van der Waals surface area contributed by atoms with E-state index in [2.05, 4.69) is 10.3 Å². The smallest absolute Gasteiger partial charge is 0.240 e. The zero-order chi connectivity index (χ0) is 9.68. The molecule has 0 spiro atoms. The number of imidazole rings is 1. The number of rotatable bonds is 3. The molecule has 0 aliphatic carbocycles. The lowest BCUT2D eigenvalue weighted by Crippen LogP contribution is -2.27. The quantitative estimate of drug-likeness (QED) is 0.653. The third-order valence-electron chi connectivity index (χ3n) is 1.60. The van der Waals surface area contributed by atoms with Crippen LogP contribution in [0.3, 0.4) is 0 Å². The molecule has 0 aliphatic heterocycles. The number of nitrogens with zero attached hydrogens (tertiary/aromatic N) is 3. The van der Waals surface area contributed by atoms with Crippen LogP contribution < -0.4 is 5.32 Å². The standard InChI is InChI=1S/C8H10N4O/c1-7-10-4-5-12(7)6-8(13)11-3-2-9/h4-5H,3,6H2,1H3,(H,11,13). The molecule has 0 atom stereocenters. The van der Waals surface area contributed by atoms with Gasteiger partial charge in [-0.2, -0.15) is 5.26 Å². The molecule has 1 N–H and O–H groups in total. The minimum Gasteiger partial charge on any atom is -0.341 e. The minimum atomic E-state index is -0.178. The maximum atomic E-state index is 11.1. The van der Waals surface area contributed by atoms with E-state index in [1.807, 2.05) is 13.0 Å². The molecule has 1 rings (SSSR count). The molecule has 1 amide bonds. The van der Waals surface area contributed by atoms with Crippen LogP contribution in [0.25, 0.3) is 0 Å². The molecule has 0 saturated carbocycles. The molecule has 1 aromatic heterocycles. The summed E-state index contributed by atoms with van der Waals surface area (Å²) in [7, 11) is 0. The fourth-order valence-electron chi connectivity index (χ4n) is 0.920. The summed E-state index contributed by atoms with van der Waals surface area (Å²) in [6, 6.07) is 1.84. The molecule has 1 aromatic rings. The minimum absolute atomic E-state index is 0.0482. The van der Waals surface area contributed by atoms with Crippen LogP contribution in [0.15, 0.2) is 12.4 Å². The Labute approximate surface area is 76.0 Å². The Balaban J connectivity index is 2.46. The van der Waals surface area contributed by atoms with Crippen molar-refractivity contribution >= 4 is 5.91 Å². The van der Waals surface area contributed by atoms with Crippen molar-refractivity contribution in [2.24, 2.45) is 0 Å². The summed E-state index contributed by atoms with van der Waals surface area (Å²) in [6.45, 7) is 2.08. The van der Waals surface area contributed by atoms with Crippen LogP contribution in [0.5, 0.6) is 0 Å². The van der Waals surface area contributed by atoms with Crippen molar-refractivity contribution in [2.75, 3.05) is 6.54 Å². The Bertz CT molecular complexity index is 336. The van der Waals surface area contributed by atoms with Crippen LogP contribution in [0.2, 0.25) is 0 Å². The normalized spacial score (nSPS) is 9.23. The summed E-state index contributed by atoms with van der Waals surface area (Å²) in [6.07, 6.45) is 3.36. The first-order chi connectivity index (χ1) is 6.24. The van der Waals surface area contributed by atoms with Gasteiger partial charge in [0.25, 0.3) is 0 Å². The fraction of sp³-hybridized carbons (Fsp3) is 0.375. The van der Waals surface area contributed by atoms with Crippen molar-refractivity contribution in [3.05, 3.63) is 18.2 Å². The van der Waals surface area contributed by atoms with Crippen LogP contribution in [0.1, 0.15) is 5.82 Å². The molecule has 0 aromatic carbocycles. The topological polar surface area (TPSA) is 70.7 Å².